The van der Waals surface area contributed by atoms with Crippen molar-refractivity contribution < 1.29 is 4.79 Å². The third-order valence-electron chi connectivity index (χ3n) is 3.95. The molecule has 1 aromatic carbocycles. The maximum atomic E-state index is 12.4. The second kappa shape index (κ2) is 8.13. The van der Waals surface area contributed by atoms with Crippen LogP contribution in [0.5, 0.6) is 0 Å². The molecule has 0 fully saturated rings. The van der Waals surface area contributed by atoms with E-state index in [0.29, 0.717) is 3.95 Å². The van der Waals surface area contributed by atoms with Crippen LogP contribution in [0.4, 0.5) is 0 Å². The molecule has 0 spiro atoms. The molecule has 1 amide bonds. The molecular weight excluding hydrogens is 372 g/mol. The Kier molecular flexibility index (Phi) is 6.38. The number of rotatable bonds is 6. The lowest BCUT2D eigenvalue weighted by molar-refractivity contribution is -0.121. The van der Waals surface area contributed by atoms with Gasteiger partial charge in [0, 0.05) is 0 Å². The molecule has 0 aliphatic carbocycles. The molecule has 25 heavy (non-hydrogen) atoms. The number of hydrogen-bond donors (Lipinski definition) is 1. The van der Waals surface area contributed by atoms with Crippen molar-refractivity contribution in [3.05, 3.63) is 34.3 Å². The molecule has 1 aromatic heterocycles. The molecule has 0 radical (unpaired) electrons. The van der Waals surface area contributed by atoms with Gasteiger partial charge >= 0.3 is 0 Å². The third kappa shape index (κ3) is 4.69. The number of nitriles is 1. The highest BCUT2D eigenvalue weighted by Gasteiger charge is 2.32. The Labute approximate surface area is 161 Å². The molecular formula is C17H20N4OS3. The second-order valence-corrected chi connectivity index (χ2v) is 9.31. The van der Waals surface area contributed by atoms with Gasteiger partial charge < -0.3 is 5.32 Å². The summed E-state index contributed by atoms with van der Waals surface area (Å²) in [6.07, 6.45) is 0. The van der Waals surface area contributed by atoms with Crippen LogP contribution in [0.15, 0.2) is 34.7 Å². The van der Waals surface area contributed by atoms with Crippen molar-refractivity contribution >= 4 is 41.2 Å². The fourth-order valence-corrected chi connectivity index (χ4v) is 4.41. The maximum Gasteiger partial charge on any atom is 0.234 e. The number of para-hydroxylation sites is 1. The number of nitrogens with one attached hydrogen (secondary N) is 1. The van der Waals surface area contributed by atoms with Crippen LogP contribution in [0.25, 0.3) is 5.69 Å². The average Bonchev–Trinajstić information content (AvgIpc) is 2.95. The summed E-state index contributed by atoms with van der Waals surface area (Å²) in [5, 5.41) is 16.3. The Bertz CT molecular complexity index is 838. The molecule has 8 heteroatoms. The summed E-state index contributed by atoms with van der Waals surface area (Å²) in [5.74, 6) is -0.173. The van der Waals surface area contributed by atoms with Gasteiger partial charge in [-0.25, -0.2) is 4.68 Å². The summed E-state index contributed by atoms with van der Waals surface area (Å²) in [4.78, 5) is 12.4. The Morgan fingerprint density at radius 1 is 1.40 bits per heavy atom. The van der Waals surface area contributed by atoms with E-state index < -0.39 is 5.54 Å². The molecule has 0 saturated carbocycles. The van der Waals surface area contributed by atoms with Crippen LogP contribution in [-0.2, 0) is 4.79 Å². The number of thioether (sulfide) groups is 1. The van der Waals surface area contributed by atoms with Crippen LogP contribution in [0.3, 0.4) is 0 Å². The Hall–Kier alpha value is -1.69. The van der Waals surface area contributed by atoms with E-state index in [-0.39, 0.29) is 17.1 Å². The summed E-state index contributed by atoms with van der Waals surface area (Å²) in [6.45, 7) is 7.36. The number of carbonyl (C=O) groups is 1. The molecule has 0 aliphatic heterocycles. The molecule has 0 bridgehead atoms. The first kappa shape index (κ1) is 19.6. The van der Waals surface area contributed by atoms with Crippen LogP contribution >= 0.6 is 35.3 Å². The van der Waals surface area contributed by atoms with Gasteiger partial charge in [0.05, 0.1) is 17.0 Å². The minimum Gasteiger partial charge on any atom is -0.337 e. The second-order valence-electron chi connectivity index (χ2n) is 6.10. The SMILES string of the molecule is CC(C)[C@](C)(C#N)NC(=O)[C@@H](C)Sc1nn(-c2ccccc2)c(=S)s1. The number of amides is 1. The van der Waals surface area contributed by atoms with Gasteiger partial charge in [0.25, 0.3) is 0 Å². The molecule has 1 N–H and O–H groups in total. The zero-order valence-corrected chi connectivity index (χ0v) is 17.0. The predicted molar refractivity (Wildman–Crippen MR) is 105 cm³/mol. The number of nitrogens with zero attached hydrogens (tertiary/aromatic N) is 3. The van der Waals surface area contributed by atoms with Gasteiger partial charge in [-0.15, -0.1) is 5.10 Å². The topological polar surface area (TPSA) is 70.7 Å². The molecule has 0 unspecified atom stereocenters. The lowest BCUT2D eigenvalue weighted by atomic mass is 9.90. The van der Waals surface area contributed by atoms with Crippen LogP contribution < -0.4 is 5.32 Å². The monoisotopic (exact) mass is 392 g/mol. The van der Waals surface area contributed by atoms with Crippen molar-refractivity contribution in [2.45, 2.75) is 42.8 Å². The van der Waals surface area contributed by atoms with Crippen LogP contribution in [0.1, 0.15) is 27.7 Å². The highest BCUT2D eigenvalue weighted by atomic mass is 32.2. The van der Waals surface area contributed by atoms with Gasteiger partial charge in [-0.3, -0.25) is 4.79 Å². The maximum absolute atomic E-state index is 12.4. The molecule has 2 rings (SSSR count). The summed E-state index contributed by atoms with van der Waals surface area (Å²) in [6, 6.07) is 11.8. The minimum atomic E-state index is -0.887. The molecule has 2 atom stereocenters. The van der Waals surface area contributed by atoms with Crippen molar-refractivity contribution in [1.82, 2.24) is 15.1 Å². The van der Waals surface area contributed by atoms with E-state index in [1.165, 1.54) is 23.1 Å². The lowest BCUT2D eigenvalue weighted by Crippen LogP contribution is -2.51. The molecule has 2 aromatic rings. The van der Waals surface area contributed by atoms with Crippen molar-refractivity contribution in [3.8, 4) is 11.8 Å². The predicted octanol–water partition coefficient (Wildman–Crippen LogP) is 4.20. The van der Waals surface area contributed by atoms with Crippen molar-refractivity contribution in [3.63, 3.8) is 0 Å². The number of benzene rings is 1. The molecule has 5 nitrogen and oxygen atoms in total. The van der Waals surface area contributed by atoms with E-state index in [1.807, 2.05) is 44.2 Å². The fourth-order valence-electron chi connectivity index (χ4n) is 1.90. The quantitative estimate of drug-likeness (QED) is 0.589. The smallest absolute Gasteiger partial charge is 0.234 e. The first-order valence-corrected chi connectivity index (χ1v) is 9.93. The standard InChI is InChI=1S/C17H20N4OS3/c1-11(2)17(4,10-18)19-14(22)12(3)24-15-20-21(16(23)25-15)13-8-6-5-7-9-13/h5-9,11-12H,1-4H3,(H,19,22)/t12-,17+/m1/s1. The highest BCUT2D eigenvalue weighted by Crippen LogP contribution is 2.28. The first-order chi connectivity index (χ1) is 11.8. The Morgan fingerprint density at radius 2 is 2.04 bits per heavy atom. The van der Waals surface area contributed by atoms with Gasteiger partial charge in [-0.1, -0.05) is 55.1 Å². The number of aromatic nitrogens is 2. The number of hydrogen-bond acceptors (Lipinski definition) is 6. The minimum absolute atomic E-state index is 0.0120. The van der Waals surface area contributed by atoms with E-state index in [1.54, 1.807) is 18.5 Å². The van der Waals surface area contributed by atoms with E-state index in [4.69, 9.17) is 12.2 Å². The summed E-state index contributed by atoms with van der Waals surface area (Å²) in [7, 11) is 0. The van der Waals surface area contributed by atoms with E-state index in [9.17, 15) is 10.1 Å². The highest BCUT2D eigenvalue weighted by molar-refractivity contribution is 8.02. The lowest BCUT2D eigenvalue weighted by Gasteiger charge is -2.28. The van der Waals surface area contributed by atoms with Crippen molar-refractivity contribution in [2.75, 3.05) is 0 Å². The largest absolute Gasteiger partial charge is 0.337 e. The zero-order valence-electron chi connectivity index (χ0n) is 14.5. The first-order valence-electron chi connectivity index (χ1n) is 7.82. The van der Waals surface area contributed by atoms with E-state index in [0.717, 1.165) is 10.0 Å². The van der Waals surface area contributed by atoms with Crippen LogP contribution in [0, 0.1) is 21.2 Å². The van der Waals surface area contributed by atoms with Crippen molar-refractivity contribution in [1.29, 1.82) is 5.26 Å². The van der Waals surface area contributed by atoms with Gasteiger partial charge in [0.2, 0.25) is 5.91 Å². The van der Waals surface area contributed by atoms with Crippen LogP contribution in [-0.4, -0.2) is 26.5 Å². The van der Waals surface area contributed by atoms with Crippen molar-refractivity contribution in [2.24, 2.45) is 5.92 Å². The fraction of sp³-hybridized carbons (Fsp3) is 0.412. The van der Waals surface area contributed by atoms with E-state index >= 15 is 0 Å². The molecule has 0 aliphatic rings. The summed E-state index contributed by atoms with van der Waals surface area (Å²) in [5.41, 5.74) is 0.00612. The average molecular weight is 393 g/mol. The van der Waals surface area contributed by atoms with Gasteiger partial charge in [0.15, 0.2) is 8.29 Å². The summed E-state index contributed by atoms with van der Waals surface area (Å²) >= 11 is 8.09. The van der Waals surface area contributed by atoms with E-state index in [2.05, 4.69) is 16.5 Å². The third-order valence-corrected chi connectivity index (χ3v) is 6.36. The van der Waals surface area contributed by atoms with Crippen LogP contribution in [0.2, 0.25) is 0 Å². The molecule has 132 valence electrons. The Morgan fingerprint density at radius 3 is 2.60 bits per heavy atom. The molecule has 0 saturated heterocycles. The molecule has 1 heterocycles. The zero-order chi connectivity index (χ0) is 18.6. The van der Waals surface area contributed by atoms with Gasteiger partial charge in [-0.05, 0) is 44.1 Å². The Balaban J connectivity index is 2.11. The normalized spacial score (nSPS) is 14.6. The summed E-state index contributed by atoms with van der Waals surface area (Å²) < 4.78 is 3.05. The van der Waals surface area contributed by atoms with Gasteiger partial charge in [-0.2, -0.15) is 5.26 Å². The number of carbonyl (C=O) groups excluding carboxylic acids is 1. The van der Waals surface area contributed by atoms with Gasteiger partial charge in [0.1, 0.15) is 5.54 Å².